The zero-order chi connectivity index (χ0) is 17.3. The van der Waals surface area contributed by atoms with Crippen molar-refractivity contribution < 1.29 is 9.18 Å². The van der Waals surface area contributed by atoms with E-state index in [-0.39, 0.29) is 46.8 Å². The van der Waals surface area contributed by atoms with Crippen molar-refractivity contribution in [1.29, 1.82) is 5.41 Å². The van der Waals surface area contributed by atoms with E-state index in [2.05, 4.69) is 15.6 Å². The van der Waals surface area contributed by atoms with Gasteiger partial charge in [0.05, 0.1) is 11.3 Å². The molecule has 1 aliphatic carbocycles. The van der Waals surface area contributed by atoms with Gasteiger partial charge in [0.15, 0.2) is 11.6 Å². The maximum Gasteiger partial charge on any atom is 0.254 e. The minimum atomic E-state index is -0.550. The van der Waals surface area contributed by atoms with Crippen LogP contribution in [0.2, 0.25) is 0 Å². The summed E-state index contributed by atoms with van der Waals surface area (Å²) < 4.78 is 14.8. The number of rotatable bonds is 4. The Bertz CT molecular complexity index is 717. The monoisotopic (exact) mass is 332 g/mol. The molecular formula is C16H21FN6O. The lowest BCUT2D eigenvalue weighted by Crippen LogP contribution is -2.43. The molecule has 2 heterocycles. The molecule has 0 aromatic carbocycles. The Labute approximate surface area is 139 Å². The first kappa shape index (κ1) is 16.4. The Morgan fingerprint density at radius 2 is 2.17 bits per heavy atom. The summed E-state index contributed by atoms with van der Waals surface area (Å²) in [5.74, 6) is -0.899. The number of hydrogen-bond acceptors (Lipinski definition) is 6. The van der Waals surface area contributed by atoms with Gasteiger partial charge in [0, 0.05) is 42.2 Å². The fourth-order valence-corrected chi connectivity index (χ4v) is 3.29. The molecule has 1 fully saturated rings. The number of carbonyl (C=O) groups is 1. The van der Waals surface area contributed by atoms with Gasteiger partial charge in [0.2, 0.25) is 0 Å². The number of anilines is 1. The highest BCUT2D eigenvalue weighted by atomic mass is 19.1. The quantitative estimate of drug-likeness (QED) is 0.527. The number of nitrogens with zero attached hydrogens (tertiary/aromatic N) is 1. The first-order valence-corrected chi connectivity index (χ1v) is 8.02. The topological polar surface area (TPSA) is 130 Å². The van der Waals surface area contributed by atoms with E-state index in [0.29, 0.717) is 0 Å². The minimum Gasteiger partial charge on any atom is -0.404 e. The van der Waals surface area contributed by atoms with Gasteiger partial charge >= 0.3 is 0 Å². The molecule has 0 spiro atoms. The van der Waals surface area contributed by atoms with E-state index >= 15 is 0 Å². The van der Waals surface area contributed by atoms with Crippen molar-refractivity contribution in [2.45, 2.75) is 44.3 Å². The van der Waals surface area contributed by atoms with E-state index in [4.69, 9.17) is 16.9 Å². The number of allylic oxidation sites excluding steroid dienone is 1. The molecule has 0 radical (unpaired) electrons. The predicted octanol–water partition coefficient (Wildman–Crippen LogP) is 1.10. The standard InChI is InChI=1S/C16H21FN6O/c17-13-9-7-21-16(24)12(9)14(8(5-18)6-19)23-15(13)22-11-4-2-1-3-10(11)20/h5-6,10-11,18H,1-4,7,19-20H2,(H,21,24)(H,22,23)/b8-6+,18-5?. The number of amides is 1. The fourth-order valence-electron chi connectivity index (χ4n) is 3.29. The molecule has 8 heteroatoms. The van der Waals surface area contributed by atoms with Crippen LogP contribution >= 0.6 is 0 Å². The highest BCUT2D eigenvalue weighted by Gasteiger charge is 2.32. The largest absolute Gasteiger partial charge is 0.404 e. The summed E-state index contributed by atoms with van der Waals surface area (Å²) in [5.41, 5.74) is 12.5. The van der Waals surface area contributed by atoms with Crippen LogP contribution < -0.4 is 22.1 Å². The van der Waals surface area contributed by atoms with Crippen LogP contribution in [0.1, 0.15) is 47.3 Å². The number of aromatic nitrogens is 1. The predicted molar refractivity (Wildman–Crippen MR) is 90.2 cm³/mol. The number of fused-ring (bicyclic) bond motifs is 1. The molecule has 2 unspecified atom stereocenters. The molecule has 7 nitrogen and oxygen atoms in total. The Balaban J connectivity index is 2.06. The van der Waals surface area contributed by atoms with Crippen LogP contribution in [0.4, 0.5) is 10.2 Å². The lowest BCUT2D eigenvalue weighted by Gasteiger charge is -2.30. The Hall–Kier alpha value is -2.48. The molecule has 1 aliphatic heterocycles. The molecule has 1 amide bonds. The van der Waals surface area contributed by atoms with Crippen molar-refractivity contribution in [2.75, 3.05) is 5.32 Å². The molecule has 1 aromatic heterocycles. The van der Waals surface area contributed by atoms with Crippen LogP contribution in [0.25, 0.3) is 5.57 Å². The lowest BCUT2D eigenvalue weighted by atomic mass is 9.91. The highest BCUT2D eigenvalue weighted by molar-refractivity contribution is 6.13. The normalized spacial score (nSPS) is 23.6. The van der Waals surface area contributed by atoms with Crippen molar-refractivity contribution in [3.63, 3.8) is 0 Å². The smallest absolute Gasteiger partial charge is 0.254 e. The molecule has 0 bridgehead atoms. The SMILES string of the molecule is N=C/C(=C\N)c1nc(NC2CCCCC2N)c(F)c2c1C(=O)NC2. The average Bonchev–Trinajstić information content (AvgIpc) is 2.97. The third-order valence-corrected chi connectivity index (χ3v) is 4.64. The van der Waals surface area contributed by atoms with Gasteiger partial charge in [-0.1, -0.05) is 12.8 Å². The number of nitrogens with one attached hydrogen (secondary N) is 3. The van der Waals surface area contributed by atoms with E-state index in [1.165, 1.54) is 6.20 Å². The van der Waals surface area contributed by atoms with Gasteiger partial charge in [-0.2, -0.15) is 0 Å². The van der Waals surface area contributed by atoms with Gasteiger partial charge in [0.25, 0.3) is 5.91 Å². The maximum atomic E-state index is 14.8. The molecule has 1 aromatic rings. The number of halogens is 1. The summed E-state index contributed by atoms with van der Waals surface area (Å²) >= 11 is 0. The molecule has 3 rings (SSSR count). The van der Waals surface area contributed by atoms with Crippen LogP contribution in [0.3, 0.4) is 0 Å². The molecule has 2 atom stereocenters. The van der Waals surface area contributed by atoms with Gasteiger partial charge in [0.1, 0.15) is 0 Å². The molecule has 7 N–H and O–H groups in total. The van der Waals surface area contributed by atoms with Crippen molar-refractivity contribution >= 4 is 23.5 Å². The first-order valence-electron chi connectivity index (χ1n) is 8.02. The second-order valence-electron chi connectivity index (χ2n) is 6.12. The lowest BCUT2D eigenvalue weighted by molar-refractivity contribution is 0.0965. The van der Waals surface area contributed by atoms with Gasteiger partial charge in [-0.05, 0) is 12.8 Å². The Morgan fingerprint density at radius 1 is 1.42 bits per heavy atom. The summed E-state index contributed by atoms with van der Waals surface area (Å²) in [6, 6.07) is -0.134. The van der Waals surface area contributed by atoms with Gasteiger partial charge in [-0.15, -0.1) is 0 Å². The summed E-state index contributed by atoms with van der Waals surface area (Å²) in [6.45, 7) is 0.0940. The first-order chi connectivity index (χ1) is 11.6. The van der Waals surface area contributed by atoms with Crippen LogP contribution in [-0.2, 0) is 6.54 Å². The Kier molecular flexibility index (Phi) is 4.48. The highest BCUT2D eigenvalue weighted by Crippen LogP contribution is 2.31. The van der Waals surface area contributed by atoms with Crippen LogP contribution in [0.15, 0.2) is 6.20 Å². The van der Waals surface area contributed by atoms with Crippen LogP contribution in [0.5, 0.6) is 0 Å². The molecular weight excluding hydrogens is 311 g/mol. The van der Waals surface area contributed by atoms with E-state index in [1.54, 1.807) is 0 Å². The molecule has 2 aliphatic rings. The van der Waals surface area contributed by atoms with Crippen molar-refractivity contribution in [3.05, 3.63) is 28.8 Å². The second kappa shape index (κ2) is 6.56. The number of carbonyl (C=O) groups excluding carboxylic acids is 1. The number of nitrogens with two attached hydrogens (primary N) is 2. The molecule has 1 saturated carbocycles. The summed E-state index contributed by atoms with van der Waals surface area (Å²) in [6.07, 6.45) is 6.01. The molecule has 0 saturated heterocycles. The van der Waals surface area contributed by atoms with E-state index in [9.17, 15) is 9.18 Å². The molecule has 128 valence electrons. The van der Waals surface area contributed by atoms with Crippen LogP contribution in [0, 0.1) is 11.2 Å². The third kappa shape index (κ3) is 2.73. The van der Waals surface area contributed by atoms with Crippen molar-refractivity contribution in [1.82, 2.24) is 10.3 Å². The maximum absolute atomic E-state index is 14.8. The summed E-state index contributed by atoms with van der Waals surface area (Å²) in [5, 5.41) is 13.1. The van der Waals surface area contributed by atoms with Crippen LogP contribution in [-0.4, -0.2) is 29.2 Å². The van der Waals surface area contributed by atoms with Crippen molar-refractivity contribution in [2.24, 2.45) is 11.5 Å². The minimum absolute atomic E-state index is 0.0591. The van der Waals surface area contributed by atoms with Crippen molar-refractivity contribution in [3.8, 4) is 0 Å². The average molecular weight is 332 g/mol. The third-order valence-electron chi connectivity index (χ3n) is 4.64. The van der Waals surface area contributed by atoms with E-state index in [0.717, 1.165) is 31.9 Å². The van der Waals surface area contributed by atoms with E-state index in [1.807, 2.05) is 0 Å². The van der Waals surface area contributed by atoms with Gasteiger partial charge in [-0.25, -0.2) is 9.37 Å². The van der Waals surface area contributed by atoms with E-state index < -0.39 is 11.7 Å². The summed E-state index contributed by atoms with van der Waals surface area (Å²) in [4.78, 5) is 16.3. The Morgan fingerprint density at radius 3 is 2.83 bits per heavy atom. The van der Waals surface area contributed by atoms with Gasteiger partial charge in [-0.3, -0.25) is 4.79 Å². The zero-order valence-corrected chi connectivity index (χ0v) is 13.2. The number of pyridine rings is 1. The fraction of sp³-hybridized carbons (Fsp3) is 0.438. The molecule has 24 heavy (non-hydrogen) atoms. The second-order valence-corrected chi connectivity index (χ2v) is 6.12. The zero-order valence-electron chi connectivity index (χ0n) is 13.2. The van der Waals surface area contributed by atoms with Gasteiger partial charge < -0.3 is 27.5 Å². The number of hydrogen-bond donors (Lipinski definition) is 5. The summed E-state index contributed by atoms with van der Waals surface area (Å²) in [7, 11) is 0.